The number of sulfonamides is 1. The van der Waals surface area contributed by atoms with E-state index in [1.165, 1.54) is 48.5 Å². The lowest BCUT2D eigenvalue weighted by molar-refractivity contribution is 0.102. The SMILES string of the molecule is Cc1ccc(F)cc1NC(=O)c1ccccc1NS(=O)(=O)c1ccc2[nH]c(=O)[nH]c2c1. The number of rotatable bonds is 5. The minimum atomic E-state index is -4.07. The van der Waals surface area contributed by atoms with Gasteiger partial charge in [-0.25, -0.2) is 17.6 Å². The van der Waals surface area contributed by atoms with Gasteiger partial charge in [0.05, 0.1) is 27.2 Å². The molecule has 0 saturated heterocycles. The molecule has 0 saturated carbocycles. The quantitative estimate of drug-likeness (QED) is 0.380. The Kier molecular flexibility index (Phi) is 5.07. The fourth-order valence-corrected chi connectivity index (χ4v) is 4.18. The van der Waals surface area contributed by atoms with Gasteiger partial charge in [0.1, 0.15) is 5.82 Å². The largest absolute Gasteiger partial charge is 0.323 e. The fourth-order valence-electron chi connectivity index (χ4n) is 3.07. The number of hydrogen-bond acceptors (Lipinski definition) is 4. The first-order valence-electron chi connectivity index (χ1n) is 9.14. The third kappa shape index (κ3) is 4.19. The van der Waals surface area contributed by atoms with Crippen molar-refractivity contribution in [3.05, 3.63) is 88.1 Å². The van der Waals surface area contributed by atoms with Gasteiger partial charge in [-0.15, -0.1) is 0 Å². The average Bonchev–Trinajstić information content (AvgIpc) is 3.10. The van der Waals surface area contributed by atoms with E-state index >= 15 is 0 Å². The number of aromatic amines is 2. The van der Waals surface area contributed by atoms with Gasteiger partial charge in [0.15, 0.2) is 0 Å². The third-order valence-electron chi connectivity index (χ3n) is 4.66. The molecule has 4 aromatic rings. The maximum atomic E-state index is 13.5. The third-order valence-corrected chi connectivity index (χ3v) is 6.02. The lowest BCUT2D eigenvalue weighted by Gasteiger charge is -2.14. The van der Waals surface area contributed by atoms with E-state index in [1.807, 2.05) is 0 Å². The maximum Gasteiger partial charge on any atom is 0.323 e. The highest BCUT2D eigenvalue weighted by Gasteiger charge is 2.20. The summed E-state index contributed by atoms with van der Waals surface area (Å²) in [5.41, 5.74) is 1.40. The highest BCUT2D eigenvalue weighted by molar-refractivity contribution is 7.92. The Morgan fingerprint density at radius 3 is 2.48 bits per heavy atom. The summed E-state index contributed by atoms with van der Waals surface area (Å²) in [4.78, 5) is 29.1. The van der Waals surface area contributed by atoms with E-state index in [1.54, 1.807) is 19.1 Å². The smallest absolute Gasteiger partial charge is 0.322 e. The zero-order valence-electron chi connectivity index (χ0n) is 16.2. The van der Waals surface area contributed by atoms with Crippen molar-refractivity contribution in [1.29, 1.82) is 0 Å². The number of imidazole rings is 1. The van der Waals surface area contributed by atoms with Crippen LogP contribution in [-0.2, 0) is 10.0 Å². The van der Waals surface area contributed by atoms with E-state index in [0.717, 1.165) is 0 Å². The van der Waals surface area contributed by atoms with Crippen molar-refractivity contribution < 1.29 is 17.6 Å². The number of nitrogens with one attached hydrogen (secondary N) is 4. The monoisotopic (exact) mass is 440 g/mol. The van der Waals surface area contributed by atoms with Crippen molar-refractivity contribution in [2.24, 2.45) is 0 Å². The number of aryl methyl sites for hydroxylation is 1. The Balaban J connectivity index is 1.65. The van der Waals surface area contributed by atoms with Gasteiger partial charge in [-0.3, -0.25) is 9.52 Å². The van der Waals surface area contributed by atoms with E-state index < -0.39 is 27.4 Å². The molecule has 0 fully saturated rings. The molecular weight excluding hydrogens is 423 g/mol. The molecule has 0 spiro atoms. The number of carbonyl (C=O) groups is 1. The zero-order valence-corrected chi connectivity index (χ0v) is 17.0. The topological polar surface area (TPSA) is 124 Å². The lowest BCUT2D eigenvalue weighted by atomic mass is 10.1. The van der Waals surface area contributed by atoms with Crippen molar-refractivity contribution in [2.45, 2.75) is 11.8 Å². The number of H-pyrrole nitrogens is 2. The molecule has 1 aromatic heterocycles. The normalized spacial score (nSPS) is 11.4. The van der Waals surface area contributed by atoms with Crippen LogP contribution in [0.5, 0.6) is 0 Å². The molecule has 0 aliphatic carbocycles. The summed E-state index contributed by atoms with van der Waals surface area (Å²) in [7, 11) is -4.07. The van der Waals surface area contributed by atoms with Crippen molar-refractivity contribution >= 4 is 38.3 Å². The van der Waals surface area contributed by atoms with Crippen LogP contribution in [0, 0.1) is 12.7 Å². The molecule has 31 heavy (non-hydrogen) atoms. The van der Waals surface area contributed by atoms with Gasteiger partial charge in [-0.2, -0.15) is 0 Å². The predicted molar refractivity (Wildman–Crippen MR) is 115 cm³/mol. The van der Waals surface area contributed by atoms with E-state index in [0.29, 0.717) is 16.6 Å². The molecule has 0 radical (unpaired) electrons. The summed E-state index contributed by atoms with van der Waals surface area (Å²) >= 11 is 0. The summed E-state index contributed by atoms with van der Waals surface area (Å²) in [5.74, 6) is -1.11. The molecule has 0 bridgehead atoms. The zero-order chi connectivity index (χ0) is 22.2. The number of anilines is 2. The van der Waals surface area contributed by atoms with Gasteiger partial charge < -0.3 is 15.3 Å². The van der Waals surface area contributed by atoms with Crippen LogP contribution in [0.15, 0.2) is 70.4 Å². The molecule has 3 aromatic carbocycles. The minimum absolute atomic E-state index is 0.0525. The van der Waals surface area contributed by atoms with Crippen LogP contribution in [0.4, 0.5) is 15.8 Å². The second-order valence-electron chi connectivity index (χ2n) is 6.85. The first kappa shape index (κ1) is 20.4. The van der Waals surface area contributed by atoms with Crippen LogP contribution in [0.1, 0.15) is 15.9 Å². The first-order chi connectivity index (χ1) is 14.7. The van der Waals surface area contributed by atoms with Crippen LogP contribution in [-0.4, -0.2) is 24.3 Å². The number of fused-ring (bicyclic) bond motifs is 1. The summed E-state index contributed by atoms with van der Waals surface area (Å²) in [5, 5.41) is 2.60. The highest BCUT2D eigenvalue weighted by Crippen LogP contribution is 2.24. The molecule has 8 nitrogen and oxygen atoms in total. The van der Waals surface area contributed by atoms with Gasteiger partial charge >= 0.3 is 5.69 Å². The highest BCUT2D eigenvalue weighted by atomic mass is 32.2. The van der Waals surface area contributed by atoms with Crippen LogP contribution >= 0.6 is 0 Å². The van der Waals surface area contributed by atoms with Crippen molar-refractivity contribution in [3.8, 4) is 0 Å². The van der Waals surface area contributed by atoms with E-state index in [-0.39, 0.29) is 21.8 Å². The number of halogens is 1. The van der Waals surface area contributed by atoms with E-state index in [2.05, 4.69) is 20.0 Å². The van der Waals surface area contributed by atoms with E-state index in [9.17, 15) is 22.4 Å². The molecule has 0 aliphatic rings. The van der Waals surface area contributed by atoms with Gasteiger partial charge in [0.25, 0.3) is 15.9 Å². The van der Waals surface area contributed by atoms with Gasteiger partial charge in [0, 0.05) is 5.69 Å². The Morgan fingerprint density at radius 1 is 0.935 bits per heavy atom. The minimum Gasteiger partial charge on any atom is -0.322 e. The number of amides is 1. The molecule has 0 atom stereocenters. The number of carbonyl (C=O) groups excluding carboxylic acids is 1. The Morgan fingerprint density at radius 2 is 1.68 bits per heavy atom. The molecule has 10 heteroatoms. The molecule has 4 N–H and O–H groups in total. The maximum absolute atomic E-state index is 13.5. The molecule has 0 unspecified atom stereocenters. The molecule has 1 amide bonds. The van der Waals surface area contributed by atoms with E-state index in [4.69, 9.17) is 0 Å². The summed E-state index contributed by atoms with van der Waals surface area (Å²) in [6.07, 6.45) is 0. The number of hydrogen-bond donors (Lipinski definition) is 4. The van der Waals surface area contributed by atoms with Crippen LogP contribution < -0.4 is 15.7 Å². The summed E-state index contributed by atoms with van der Waals surface area (Å²) in [6, 6.07) is 14.2. The van der Waals surface area contributed by atoms with Gasteiger partial charge in [-0.05, 0) is 55.0 Å². The Bertz CT molecular complexity index is 1470. The fraction of sp³-hybridized carbons (Fsp3) is 0.0476. The average molecular weight is 440 g/mol. The number of para-hydroxylation sites is 1. The number of aromatic nitrogens is 2. The van der Waals surface area contributed by atoms with Gasteiger partial charge in [-0.1, -0.05) is 18.2 Å². The standard InChI is InChI=1S/C21H17FN4O4S/c1-12-6-7-13(22)10-18(12)23-20(27)15-4-2-3-5-16(15)26-31(29,30)14-8-9-17-19(11-14)25-21(28)24-17/h2-11,26H,1H3,(H,23,27)(H2,24,25,28). The summed E-state index contributed by atoms with van der Waals surface area (Å²) in [6.45, 7) is 1.71. The van der Waals surface area contributed by atoms with Crippen LogP contribution in [0.3, 0.4) is 0 Å². The van der Waals surface area contributed by atoms with Gasteiger partial charge in [0.2, 0.25) is 0 Å². The Labute approximate surface area is 176 Å². The van der Waals surface area contributed by atoms with Crippen molar-refractivity contribution in [2.75, 3.05) is 10.0 Å². The molecule has 0 aliphatic heterocycles. The molecule has 1 heterocycles. The lowest BCUT2D eigenvalue weighted by Crippen LogP contribution is -2.19. The number of benzene rings is 3. The first-order valence-corrected chi connectivity index (χ1v) is 10.6. The van der Waals surface area contributed by atoms with Crippen LogP contribution in [0.25, 0.3) is 11.0 Å². The molecule has 4 rings (SSSR count). The van der Waals surface area contributed by atoms with Crippen LogP contribution in [0.2, 0.25) is 0 Å². The molecular formula is C21H17FN4O4S. The second-order valence-corrected chi connectivity index (χ2v) is 8.53. The molecule has 158 valence electrons. The summed E-state index contributed by atoms with van der Waals surface area (Å²) < 4.78 is 41.7. The van der Waals surface area contributed by atoms with Crippen molar-refractivity contribution in [3.63, 3.8) is 0 Å². The van der Waals surface area contributed by atoms with Crippen molar-refractivity contribution in [1.82, 2.24) is 9.97 Å². The predicted octanol–water partition coefficient (Wildman–Crippen LogP) is 3.36. The second kappa shape index (κ2) is 7.73. The Hall–Kier alpha value is -3.92.